The predicted octanol–water partition coefficient (Wildman–Crippen LogP) is 3.64. The monoisotopic (exact) mass is 470 g/mol. The fourth-order valence-corrected chi connectivity index (χ4v) is 4.55. The molecule has 0 spiro atoms. The first-order valence-electron chi connectivity index (χ1n) is 11.1. The number of amides is 2. The summed E-state index contributed by atoms with van der Waals surface area (Å²) in [4.78, 5) is 33.8. The number of ether oxygens (including phenoxy) is 1. The zero-order valence-corrected chi connectivity index (χ0v) is 19.6. The zero-order chi connectivity index (χ0) is 24.7. The molecular weight excluding hydrogens is 442 g/mol. The van der Waals surface area contributed by atoms with Crippen LogP contribution in [0.3, 0.4) is 0 Å². The largest absolute Gasteiger partial charge is 0.444 e. The molecule has 2 atom stereocenters. The molecular formula is C25H28F2N4O3. The van der Waals surface area contributed by atoms with E-state index < -0.39 is 34.8 Å². The van der Waals surface area contributed by atoms with Crippen molar-refractivity contribution >= 4 is 18.0 Å². The first-order valence-corrected chi connectivity index (χ1v) is 11.1. The van der Waals surface area contributed by atoms with Gasteiger partial charge in [0.25, 0.3) is 0 Å². The molecule has 34 heavy (non-hydrogen) atoms. The minimum absolute atomic E-state index is 0.0157. The Labute approximate surface area is 197 Å². The second-order valence-electron chi connectivity index (χ2n) is 9.72. The Hall–Kier alpha value is -3.33. The number of likely N-dealkylation sites (tertiary alicyclic amines) is 1. The molecule has 0 saturated carbocycles. The Morgan fingerprint density at radius 1 is 1.21 bits per heavy atom. The van der Waals surface area contributed by atoms with Crippen LogP contribution in [0.25, 0.3) is 0 Å². The Kier molecular flexibility index (Phi) is 6.16. The van der Waals surface area contributed by atoms with Gasteiger partial charge in [0, 0.05) is 32.2 Å². The number of guanidine groups is 1. The maximum absolute atomic E-state index is 15.1. The number of benzene rings is 2. The lowest BCUT2D eigenvalue weighted by atomic mass is 9.79. The molecule has 0 bridgehead atoms. The summed E-state index contributed by atoms with van der Waals surface area (Å²) in [5, 5.41) is 2.52. The van der Waals surface area contributed by atoms with Crippen LogP contribution in [0.2, 0.25) is 0 Å². The third-order valence-corrected chi connectivity index (χ3v) is 5.99. The van der Waals surface area contributed by atoms with Gasteiger partial charge in [-0.15, -0.1) is 0 Å². The van der Waals surface area contributed by atoms with Crippen molar-refractivity contribution in [1.29, 1.82) is 0 Å². The Morgan fingerprint density at radius 2 is 1.91 bits per heavy atom. The second-order valence-corrected chi connectivity index (χ2v) is 9.72. The number of halogens is 2. The van der Waals surface area contributed by atoms with Crippen LogP contribution in [0.5, 0.6) is 0 Å². The number of rotatable bonds is 3. The molecule has 1 N–H and O–H groups in total. The average Bonchev–Trinajstić information content (AvgIpc) is 3.12. The lowest BCUT2D eigenvalue weighted by Gasteiger charge is -2.39. The number of hydrogen-bond donors (Lipinski definition) is 1. The highest BCUT2D eigenvalue weighted by atomic mass is 19.1. The van der Waals surface area contributed by atoms with Crippen LogP contribution in [0.15, 0.2) is 53.5 Å². The van der Waals surface area contributed by atoms with Crippen molar-refractivity contribution in [3.8, 4) is 0 Å². The minimum Gasteiger partial charge on any atom is -0.444 e. The Morgan fingerprint density at radius 3 is 2.59 bits per heavy atom. The average molecular weight is 471 g/mol. The van der Waals surface area contributed by atoms with Crippen molar-refractivity contribution in [1.82, 2.24) is 15.1 Å². The van der Waals surface area contributed by atoms with Gasteiger partial charge in [-0.3, -0.25) is 19.9 Å². The van der Waals surface area contributed by atoms with Gasteiger partial charge in [0.05, 0.1) is 5.92 Å². The Bertz CT molecular complexity index is 1130. The van der Waals surface area contributed by atoms with E-state index in [1.54, 1.807) is 20.8 Å². The number of carbonyl (C=O) groups excluding carboxylic acids is 2. The second kappa shape index (κ2) is 8.79. The predicted molar refractivity (Wildman–Crippen MR) is 123 cm³/mol. The van der Waals surface area contributed by atoms with E-state index >= 15 is 4.39 Å². The van der Waals surface area contributed by atoms with Crippen LogP contribution in [0.1, 0.15) is 31.9 Å². The van der Waals surface area contributed by atoms with Gasteiger partial charge in [-0.25, -0.2) is 18.6 Å². The highest BCUT2D eigenvalue weighted by Crippen LogP contribution is 2.45. The number of nitrogens with zero attached hydrogens (tertiary/aromatic N) is 3. The molecule has 2 aromatic carbocycles. The standard InChI is InChI=1S/C25H28F2N4O3/c1-24(2,3)34-23(33)28-22-29-25(18-12-17(26)10-11-20(18)27)15-31(13-16-8-6-5-7-9-16)14-19(25)21(32)30(22)4/h5-12,19H,13-15H2,1-4H3,(H,28,29,33). The van der Waals surface area contributed by atoms with Crippen LogP contribution >= 0.6 is 0 Å². The molecule has 7 nitrogen and oxygen atoms in total. The molecule has 1 saturated heterocycles. The third kappa shape index (κ3) is 4.65. The highest BCUT2D eigenvalue weighted by molar-refractivity contribution is 6.06. The lowest BCUT2D eigenvalue weighted by molar-refractivity contribution is -0.133. The fourth-order valence-electron chi connectivity index (χ4n) is 4.55. The van der Waals surface area contributed by atoms with E-state index in [1.165, 1.54) is 11.9 Å². The van der Waals surface area contributed by atoms with Crippen molar-refractivity contribution in [3.63, 3.8) is 0 Å². The molecule has 2 aliphatic rings. The minimum atomic E-state index is -1.41. The van der Waals surface area contributed by atoms with E-state index in [4.69, 9.17) is 9.73 Å². The van der Waals surface area contributed by atoms with Crippen molar-refractivity contribution in [2.75, 3.05) is 20.1 Å². The SMILES string of the molecule is CN1C(=O)C2CN(Cc3ccccc3)CC2(c2cc(F)ccc2F)N=C1NC(=O)OC(C)(C)C. The number of carbonyl (C=O) groups is 2. The summed E-state index contributed by atoms with van der Waals surface area (Å²) in [5.74, 6) is -2.47. The summed E-state index contributed by atoms with van der Waals surface area (Å²) in [7, 11) is 1.49. The molecule has 2 aromatic rings. The molecule has 2 unspecified atom stereocenters. The van der Waals surface area contributed by atoms with Gasteiger partial charge in [0.1, 0.15) is 22.8 Å². The maximum Gasteiger partial charge on any atom is 0.414 e. The van der Waals surface area contributed by atoms with Gasteiger partial charge in [-0.2, -0.15) is 0 Å². The first-order chi connectivity index (χ1) is 16.0. The summed E-state index contributed by atoms with van der Waals surface area (Å²) < 4.78 is 34.6. The molecule has 2 heterocycles. The van der Waals surface area contributed by atoms with Gasteiger partial charge < -0.3 is 4.74 Å². The van der Waals surface area contributed by atoms with E-state index in [2.05, 4.69) is 5.32 Å². The number of fused-ring (bicyclic) bond motifs is 1. The third-order valence-electron chi connectivity index (χ3n) is 5.99. The summed E-state index contributed by atoms with van der Waals surface area (Å²) in [5.41, 5.74) is -1.17. The number of alkyl carbamates (subject to hydrolysis) is 1. The van der Waals surface area contributed by atoms with Gasteiger partial charge >= 0.3 is 6.09 Å². The summed E-state index contributed by atoms with van der Waals surface area (Å²) in [6.07, 6.45) is -0.793. The van der Waals surface area contributed by atoms with E-state index in [0.29, 0.717) is 13.1 Å². The molecule has 2 aliphatic heterocycles. The number of aliphatic imine (C=N–C) groups is 1. The Balaban J connectivity index is 1.77. The maximum atomic E-state index is 15.1. The summed E-state index contributed by atoms with van der Waals surface area (Å²) >= 11 is 0. The summed E-state index contributed by atoms with van der Waals surface area (Å²) in [6.45, 7) is 6.12. The molecule has 4 rings (SSSR count). The molecule has 0 aromatic heterocycles. The summed E-state index contributed by atoms with van der Waals surface area (Å²) in [6, 6.07) is 12.8. The molecule has 2 amide bonds. The van der Waals surface area contributed by atoms with Crippen LogP contribution in [0, 0.1) is 17.6 Å². The van der Waals surface area contributed by atoms with Gasteiger partial charge in [0.15, 0.2) is 0 Å². The normalized spacial score (nSPS) is 22.9. The van der Waals surface area contributed by atoms with Gasteiger partial charge in [0.2, 0.25) is 11.9 Å². The van der Waals surface area contributed by atoms with Crippen LogP contribution in [0.4, 0.5) is 13.6 Å². The van der Waals surface area contributed by atoms with Crippen molar-refractivity contribution in [2.24, 2.45) is 10.9 Å². The molecule has 0 radical (unpaired) electrons. The van der Waals surface area contributed by atoms with Crippen molar-refractivity contribution in [3.05, 3.63) is 71.3 Å². The smallest absolute Gasteiger partial charge is 0.414 e. The zero-order valence-electron chi connectivity index (χ0n) is 19.6. The topological polar surface area (TPSA) is 74.2 Å². The molecule has 9 heteroatoms. The molecule has 1 fully saturated rings. The number of hydrogen-bond acceptors (Lipinski definition) is 5. The van der Waals surface area contributed by atoms with E-state index in [-0.39, 0.29) is 24.0 Å². The van der Waals surface area contributed by atoms with Crippen LogP contribution in [-0.4, -0.2) is 53.5 Å². The van der Waals surface area contributed by atoms with Crippen molar-refractivity contribution in [2.45, 2.75) is 38.5 Å². The first kappa shape index (κ1) is 23.8. The lowest BCUT2D eigenvalue weighted by Crippen LogP contribution is -2.57. The van der Waals surface area contributed by atoms with Gasteiger partial charge in [-0.1, -0.05) is 30.3 Å². The highest BCUT2D eigenvalue weighted by Gasteiger charge is 2.56. The van der Waals surface area contributed by atoms with E-state index in [9.17, 15) is 14.0 Å². The fraction of sp³-hybridized carbons (Fsp3) is 0.400. The van der Waals surface area contributed by atoms with Crippen LogP contribution in [-0.2, 0) is 21.6 Å². The molecule has 0 aliphatic carbocycles. The van der Waals surface area contributed by atoms with Crippen molar-refractivity contribution < 1.29 is 23.1 Å². The van der Waals surface area contributed by atoms with Crippen LogP contribution < -0.4 is 5.32 Å². The number of nitrogens with one attached hydrogen (secondary N) is 1. The van der Waals surface area contributed by atoms with E-state index in [0.717, 1.165) is 23.8 Å². The van der Waals surface area contributed by atoms with E-state index in [1.807, 2.05) is 35.2 Å². The van der Waals surface area contributed by atoms with Gasteiger partial charge in [-0.05, 0) is 44.5 Å². The quantitative estimate of drug-likeness (QED) is 0.743. The molecule has 180 valence electrons.